The molecule has 1 aliphatic rings. The average molecular weight is 403 g/mol. The number of aromatic nitrogens is 3. The number of carbonyl (C=O) groups is 1. The summed E-state index contributed by atoms with van der Waals surface area (Å²) in [5, 5.41) is 12.1. The van der Waals surface area contributed by atoms with E-state index in [0.717, 1.165) is 12.8 Å². The van der Waals surface area contributed by atoms with Crippen molar-refractivity contribution in [2.75, 3.05) is 5.75 Å². The van der Waals surface area contributed by atoms with Crippen LogP contribution in [0.25, 0.3) is 11.4 Å². The molecule has 1 fully saturated rings. The molecule has 2 aromatic rings. The van der Waals surface area contributed by atoms with Gasteiger partial charge < -0.3 is 5.32 Å². The third-order valence-corrected chi connectivity index (χ3v) is 6.50. The number of rotatable bonds is 7. The van der Waals surface area contributed by atoms with Gasteiger partial charge in [-0.3, -0.25) is 9.36 Å². The van der Waals surface area contributed by atoms with Crippen LogP contribution in [0.3, 0.4) is 0 Å². The number of amides is 1. The lowest BCUT2D eigenvalue weighted by Gasteiger charge is -2.34. The molecule has 5 nitrogen and oxygen atoms in total. The maximum Gasteiger partial charge on any atom is 0.230 e. The molecule has 7 heteroatoms. The molecule has 1 aliphatic carbocycles. The molecule has 1 heterocycles. The standard InChI is InChI=1S/C21H27FN4OS/c1-4-12-26-20(16-9-5-6-10-17(16)22)24-25-21(26)28-13-19(27)23-18-11-7-8-14(2)15(18)3/h4-6,9-10,14-15,18H,1,7-8,11-13H2,2-3H3,(H,23,27)/t14-,15+,18+/m0/s1. The zero-order chi connectivity index (χ0) is 20.1. The molecule has 3 rings (SSSR count). The SMILES string of the molecule is C=CCn1c(SCC(=O)N[C@@H]2CCC[C@H](C)[C@H]2C)nnc1-c1ccccc1F. The first kappa shape index (κ1) is 20.6. The zero-order valence-corrected chi connectivity index (χ0v) is 17.2. The van der Waals surface area contributed by atoms with E-state index in [0.29, 0.717) is 34.9 Å². The van der Waals surface area contributed by atoms with E-state index in [9.17, 15) is 9.18 Å². The van der Waals surface area contributed by atoms with Gasteiger partial charge in [0.25, 0.3) is 0 Å². The topological polar surface area (TPSA) is 59.8 Å². The summed E-state index contributed by atoms with van der Waals surface area (Å²) < 4.78 is 16.0. The quantitative estimate of drug-likeness (QED) is 0.554. The second-order valence-corrected chi connectivity index (χ2v) is 8.36. The van der Waals surface area contributed by atoms with Crippen LogP contribution in [0.1, 0.15) is 33.1 Å². The summed E-state index contributed by atoms with van der Waals surface area (Å²) >= 11 is 1.31. The van der Waals surface area contributed by atoms with Gasteiger partial charge in [-0.25, -0.2) is 4.39 Å². The first-order valence-corrected chi connectivity index (χ1v) is 10.7. The van der Waals surface area contributed by atoms with Crippen molar-refractivity contribution in [1.82, 2.24) is 20.1 Å². The van der Waals surface area contributed by atoms with Crippen LogP contribution in [0.4, 0.5) is 4.39 Å². The fraction of sp³-hybridized carbons (Fsp3) is 0.476. The van der Waals surface area contributed by atoms with Gasteiger partial charge in [0.1, 0.15) is 5.82 Å². The van der Waals surface area contributed by atoms with Gasteiger partial charge in [-0.15, -0.1) is 16.8 Å². The number of thioether (sulfide) groups is 1. The van der Waals surface area contributed by atoms with Crippen LogP contribution in [-0.2, 0) is 11.3 Å². The fourth-order valence-electron chi connectivity index (χ4n) is 3.70. The molecule has 0 spiro atoms. The first-order valence-electron chi connectivity index (χ1n) is 9.72. The second kappa shape index (κ2) is 9.37. The number of carbonyl (C=O) groups excluding carboxylic acids is 1. The minimum Gasteiger partial charge on any atom is -0.352 e. The van der Waals surface area contributed by atoms with E-state index in [1.54, 1.807) is 28.8 Å². The molecule has 1 N–H and O–H groups in total. The summed E-state index contributed by atoms with van der Waals surface area (Å²) in [6, 6.07) is 6.70. The highest BCUT2D eigenvalue weighted by atomic mass is 32.2. The van der Waals surface area contributed by atoms with Crippen molar-refractivity contribution in [3.05, 3.63) is 42.7 Å². The summed E-state index contributed by atoms with van der Waals surface area (Å²) in [4.78, 5) is 12.5. The molecule has 0 saturated heterocycles. The maximum absolute atomic E-state index is 14.2. The lowest BCUT2D eigenvalue weighted by Crippen LogP contribution is -2.44. The van der Waals surface area contributed by atoms with Crippen LogP contribution in [0.2, 0.25) is 0 Å². The van der Waals surface area contributed by atoms with Gasteiger partial charge in [0.05, 0.1) is 11.3 Å². The van der Waals surface area contributed by atoms with Crippen LogP contribution < -0.4 is 5.32 Å². The molecule has 1 saturated carbocycles. The minimum atomic E-state index is -0.352. The molecule has 1 aromatic heterocycles. The van der Waals surface area contributed by atoms with E-state index in [1.165, 1.54) is 24.2 Å². The van der Waals surface area contributed by atoms with Gasteiger partial charge in [-0.1, -0.05) is 56.7 Å². The van der Waals surface area contributed by atoms with Crippen molar-refractivity contribution in [2.24, 2.45) is 11.8 Å². The van der Waals surface area contributed by atoms with Crippen molar-refractivity contribution in [1.29, 1.82) is 0 Å². The molecule has 0 unspecified atom stereocenters. The van der Waals surface area contributed by atoms with E-state index in [1.807, 2.05) is 0 Å². The van der Waals surface area contributed by atoms with Crippen LogP contribution in [0.15, 0.2) is 42.1 Å². The van der Waals surface area contributed by atoms with Gasteiger partial charge >= 0.3 is 0 Å². The molecule has 0 bridgehead atoms. The highest BCUT2D eigenvalue weighted by Gasteiger charge is 2.28. The third-order valence-electron chi connectivity index (χ3n) is 5.53. The van der Waals surface area contributed by atoms with E-state index >= 15 is 0 Å². The predicted molar refractivity (Wildman–Crippen MR) is 110 cm³/mol. The van der Waals surface area contributed by atoms with Crippen LogP contribution in [0.5, 0.6) is 0 Å². The summed E-state index contributed by atoms with van der Waals surface area (Å²) in [6.07, 6.45) is 5.13. The Bertz CT molecular complexity index is 838. The highest BCUT2D eigenvalue weighted by molar-refractivity contribution is 7.99. The number of benzene rings is 1. The Morgan fingerprint density at radius 2 is 2.14 bits per heavy atom. The Hall–Kier alpha value is -2.15. The Morgan fingerprint density at radius 1 is 1.36 bits per heavy atom. The van der Waals surface area contributed by atoms with Crippen LogP contribution in [-0.4, -0.2) is 32.5 Å². The van der Waals surface area contributed by atoms with Crippen molar-refractivity contribution in [3.63, 3.8) is 0 Å². The number of allylic oxidation sites excluding steroid dienone is 1. The summed E-state index contributed by atoms with van der Waals surface area (Å²) in [5.74, 6) is 1.46. The largest absolute Gasteiger partial charge is 0.352 e. The molecular weight excluding hydrogens is 375 g/mol. The van der Waals surface area contributed by atoms with Crippen LogP contribution >= 0.6 is 11.8 Å². The van der Waals surface area contributed by atoms with E-state index < -0.39 is 0 Å². The monoisotopic (exact) mass is 402 g/mol. The van der Waals surface area contributed by atoms with E-state index in [2.05, 4.69) is 35.9 Å². The number of halogens is 1. The number of hydrogen-bond acceptors (Lipinski definition) is 4. The van der Waals surface area contributed by atoms with Crippen molar-refractivity contribution < 1.29 is 9.18 Å². The van der Waals surface area contributed by atoms with E-state index in [-0.39, 0.29) is 23.5 Å². The molecule has 28 heavy (non-hydrogen) atoms. The number of hydrogen-bond donors (Lipinski definition) is 1. The first-order chi connectivity index (χ1) is 13.5. The van der Waals surface area contributed by atoms with Crippen molar-refractivity contribution >= 4 is 17.7 Å². The van der Waals surface area contributed by atoms with Crippen molar-refractivity contribution in [3.8, 4) is 11.4 Å². The summed E-state index contributed by atoms with van der Waals surface area (Å²) in [7, 11) is 0. The van der Waals surface area contributed by atoms with Gasteiger partial charge in [0.2, 0.25) is 5.91 Å². The molecular formula is C21H27FN4OS. The summed E-state index contributed by atoms with van der Waals surface area (Å²) in [5.41, 5.74) is 0.387. The van der Waals surface area contributed by atoms with Crippen molar-refractivity contribution in [2.45, 2.75) is 50.9 Å². The molecule has 1 amide bonds. The normalized spacial score (nSPS) is 22.0. The minimum absolute atomic E-state index is 0.00320. The lowest BCUT2D eigenvalue weighted by molar-refractivity contribution is -0.120. The second-order valence-electron chi connectivity index (χ2n) is 7.42. The highest BCUT2D eigenvalue weighted by Crippen LogP contribution is 2.30. The third kappa shape index (κ3) is 4.63. The van der Waals surface area contributed by atoms with Gasteiger partial charge in [0.15, 0.2) is 11.0 Å². The van der Waals surface area contributed by atoms with Crippen LogP contribution in [0, 0.1) is 17.7 Å². The molecule has 150 valence electrons. The Labute approximate surface area is 169 Å². The number of nitrogens with one attached hydrogen (secondary N) is 1. The average Bonchev–Trinajstić information content (AvgIpc) is 3.07. The van der Waals surface area contributed by atoms with Gasteiger partial charge in [-0.05, 0) is 30.4 Å². The Balaban J connectivity index is 1.68. The molecule has 0 radical (unpaired) electrons. The Morgan fingerprint density at radius 3 is 2.89 bits per heavy atom. The fourth-order valence-corrected chi connectivity index (χ4v) is 4.45. The maximum atomic E-state index is 14.2. The zero-order valence-electron chi connectivity index (χ0n) is 16.4. The summed E-state index contributed by atoms with van der Waals surface area (Å²) in [6.45, 7) is 8.67. The molecule has 1 aromatic carbocycles. The number of nitrogens with zero attached hydrogens (tertiary/aromatic N) is 3. The lowest BCUT2D eigenvalue weighted by atomic mass is 9.78. The molecule has 3 atom stereocenters. The molecule has 0 aliphatic heterocycles. The predicted octanol–water partition coefficient (Wildman–Crippen LogP) is 4.30. The van der Waals surface area contributed by atoms with E-state index in [4.69, 9.17) is 0 Å². The van der Waals surface area contributed by atoms with Gasteiger partial charge in [0, 0.05) is 12.6 Å². The Kier molecular flexibility index (Phi) is 6.88. The smallest absolute Gasteiger partial charge is 0.230 e. The van der Waals surface area contributed by atoms with Gasteiger partial charge in [-0.2, -0.15) is 0 Å².